The molecule has 1 fully saturated rings. The van der Waals surface area contributed by atoms with Crippen molar-refractivity contribution in [3.05, 3.63) is 71.9 Å². The van der Waals surface area contributed by atoms with E-state index in [9.17, 15) is 9.59 Å². The van der Waals surface area contributed by atoms with E-state index >= 15 is 0 Å². The second kappa shape index (κ2) is 12.0. The van der Waals surface area contributed by atoms with Crippen molar-refractivity contribution in [1.82, 2.24) is 30.4 Å². The van der Waals surface area contributed by atoms with Crippen molar-refractivity contribution in [2.75, 3.05) is 7.11 Å². The Morgan fingerprint density at radius 1 is 1.13 bits per heavy atom. The zero-order valence-corrected chi connectivity index (χ0v) is 22.1. The first-order valence-corrected chi connectivity index (χ1v) is 13.1. The van der Waals surface area contributed by atoms with Crippen molar-refractivity contribution in [1.29, 1.82) is 0 Å². The number of nitrogens with one attached hydrogen (secondary N) is 1. The van der Waals surface area contributed by atoms with Crippen LogP contribution in [0.1, 0.15) is 55.2 Å². The Kier molecular flexibility index (Phi) is 8.04. The molecule has 39 heavy (non-hydrogen) atoms. The van der Waals surface area contributed by atoms with E-state index in [1.807, 2.05) is 31.2 Å². The summed E-state index contributed by atoms with van der Waals surface area (Å²) >= 11 is 0. The SMILES string of the molecule is COc1ccc(CN(C(=O)Cn2nnc(-c3ccc(C)o3)n2)C(C(=O)NC2CCCCC2)c2ccco2)cc1. The number of tetrazole rings is 1. The van der Waals surface area contributed by atoms with Crippen molar-refractivity contribution in [3.63, 3.8) is 0 Å². The van der Waals surface area contributed by atoms with E-state index in [-0.39, 0.29) is 36.8 Å². The minimum Gasteiger partial charge on any atom is -0.497 e. The molecule has 11 heteroatoms. The largest absolute Gasteiger partial charge is 0.497 e. The van der Waals surface area contributed by atoms with E-state index in [1.54, 1.807) is 31.4 Å². The molecule has 1 saturated carbocycles. The van der Waals surface area contributed by atoms with Crippen molar-refractivity contribution >= 4 is 11.8 Å². The number of nitrogens with zero attached hydrogens (tertiary/aromatic N) is 5. The predicted molar refractivity (Wildman–Crippen MR) is 140 cm³/mol. The number of ether oxygens (including phenoxy) is 1. The van der Waals surface area contributed by atoms with Crippen LogP contribution in [0.4, 0.5) is 0 Å². The zero-order chi connectivity index (χ0) is 27.2. The fourth-order valence-electron chi connectivity index (χ4n) is 4.82. The van der Waals surface area contributed by atoms with Crippen LogP contribution in [0.5, 0.6) is 5.75 Å². The van der Waals surface area contributed by atoms with Gasteiger partial charge in [-0.3, -0.25) is 9.59 Å². The first-order valence-electron chi connectivity index (χ1n) is 13.1. The van der Waals surface area contributed by atoms with Gasteiger partial charge in [0.2, 0.25) is 11.7 Å². The van der Waals surface area contributed by atoms with Crippen LogP contribution >= 0.6 is 0 Å². The topological polar surface area (TPSA) is 129 Å². The van der Waals surface area contributed by atoms with Crippen LogP contribution in [-0.2, 0) is 22.7 Å². The number of methoxy groups -OCH3 is 1. The van der Waals surface area contributed by atoms with Crippen LogP contribution in [0.15, 0.2) is 63.6 Å². The Morgan fingerprint density at radius 3 is 2.59 bits per heavy atom. The normalized spacial score (nSPS) is 14.6. The van der Waals surface area contributed by atoms with E-state index in [0.717, 1.165) is 31.2 Å². The average molecular weight is 533 g/mol. The summed E-state index contributed by atoms with van der Waals surface area (Å²) in [5, 5.41) is 15.6. The lowest BCUT2D eigenvalue weighted by Crippen LogP contribution is -2.47. The van der Waals surface area contributed by atoms with E-state index in [1.165, 1.54) is 22.4 Å². The van der Waals surface area contributed by atoms with Gasteiger partial charge < -0.3 is 23.8 Å². The highest BCUT2D eigenvalue weighted by atomic mass is 16.5. The Bertz CT molecular complexity index is 1370. The van der Waals surface area contributed by atoms with E-state index < -0.39 is 6.04 Å². The van der Waals surface area contributed by atoms with Gasteiger partial charge in [-0.1, -0.05) is 31.4 Å². The van der Waals surface area contributed by atoms with Crippen molar-refractivity contribution < 1.29 is 23.2 Å². The van der Waals surface area contributed by atoms with Crippen molar-refractivity contribution in [2.45, 2.75) is 64.2 Å². The number of furan rings is 2. The smallest absolute Gasteiger partial charge is 0.250 e. The molecule has 1 N–H and O–H groups in total. The van der Waals surface area contributed by atoms with Crippen LogP contribution in [-0.4, -0.2) is 50.1 Å². The summed E-state index contributed by atoms with van der Waals surface area (Å²) in [7, 11) is 1.59. The van der Waals surface area contributed by atoms with Crippen LogP contribution in [0.3, 0.4) is 0 Å². The summed E-state index contributed by atoms with van der Waals surface area (Å²) < 4.78 is 16.5. The molecule has 0 bridgehead atoms. The molecule has 204 valence electrons. The highest BCUT2D eigenvalue weighted by molar-refractivity contribution is 5.88. The van der Waals surface area contributed by atoms with Gasteiger partial charge in [0.05, 0.1) is 13.4 Å². The first kappa shape index (κ1) is 26.2. The Hall–Kier alpha value is -4.41. The number of benzene rings is 1. The summed E-state index contributed by atoms with van der Waals surface area (Å²) in [6, 6.07) is 13.4. The Morgan fingerprint density at radius 2 is 1.92 bits per heavy atom. The van der Waals surface area contributed by atoms with Gasteiger partial charge in [-0.25, -0.2) is 0 Å². The molecule has 3 heterocycles. The third-order valence-electron chi connectivity index (χ3n) is 6.85. The molecule has 1 aliphatic carbocycles. The van der Waals surface area contributed by atoms with Crippen LogP contribution in [0, 0.1) is 6.92 Å². The molecule has 0 radical (unpaired) electrons. The molecule has 2 amide bonds. The fourth-order valence-corrected chi connectivity index (χ4v) is 4.82. The number of hydrogen-bond acceptors (Lipinski definition) is 8. The highest BCUT2D eigenvalue weighted by Crippen LogP contribution is 2.27. The van der Waals surface area contributed by atoms with Gasteiger partial charge >= 0.3 is 0 Å². The average Bonchev–Trinajstić information content (AvgIpc) is 3.72. The Balaban J connectivity index is 1.43. The molecule has 1 aromatic carbocycles. The highest BCUT2D eigenvalue weighted by Gasteiger charge is 2.35. The van der Waals surface area contributed by atoms with E-state index in [4.69, 9.17) is 13.6 Å². The summed E-state index contributed by atoms with van der Waals surface area (Å²) in [6.07, 6.45) is 6.64. The van der Waals surface area contributed by atoms with Gasteiger partial charge in [-0.05, 0) is 66.9 Å². The van der Waals surface area contributed by atoms with Gasteiger partial charge in [-0.15, -0.1) is 10.2 Å². The number of amides is 2. The second-order valence-corrected chi connectivity index (χ2v) is 9.68. The monoisotopic (exact) mass is 532 g/mol. The summed E-state index contributed by atoms with van der Waals surface area (Å²) in [5.74, 6) is 1.87. The maximum Gasteiger partial charge on any atom is 0.250 e. The van der Waals surface area contributed by atoms with Gasteiger partial charge in [0.25, 0.3) is 5.91 Å². The van der Waals surface area contributed by atoms with Gasteiger partial charge in [0.15, 0.2) is 11.8 Å². The summed E-state index contributed by atoms with van der Waals surface area (Å²) in [4.78, 5) is 30.3. The number of hydrogen-bond donors (Lipinski definition) is 1. The fraction of sp³-hybridized carbons (Fsp3) is 0.393. The maximum atomic E-state index is 13.9. The number of carbonyl (C=O) groups is 2. The molecule has 5 rings (SSSR count). The lowest BCUT2D eigenvalue weighted by atomic mass is 9.95. The van der Waals surface area contributed by atoms with E-state index in [2.05, 4.69) is 20.7 Å². The molecule has 0 saturated heterocycles. The third-order valence-corrected chi connectivity index (χ3v) is 6.85. The lowest BCUT2D eigenvalue weighted by molar-refractivity contribution is -0.143. The quantitative estimate of drug-likeness (QED) is 0.324. The summed E-state index contributed by atoms with van der Waals surface area (Å²) in [5.41, 5.74) is 0.824. The van der Waals surface area contributed by atoms with Gasteiger partial charge in [0, 0.05) is 12.6 Å². The zero-order valence-electron chi connectivity index (χ0n) is 22.1. The molecule has 1 unspecified atom stereocenters. The van der Waals surface area contributed by atoms with E-state index in [0.29, 0.717) is 23.0 Å². The Labute approximate surface area is 226 Å². The minimum atomic E-state index is -0.979. The molecule has 4 aromatic rings. The van der Waals surface area contributed by atoms with Crippen molar-refractivity contribution in [3.8, 4) is 17.3 Å². The first-order chi connectivity index (χ1) is 19.0. The standard InChI is InChI=1S/C28H32N6O5/c1-19-10-15-24(39-19)27-30-32-34(31-27)18-25(35)33(17-20-11-13-22(37-2)14-12-20)26(23-9-6-16-38-23)28(36)29-21-7-4-3-5-8-21/h6,9-16,21,26H,3-5,7-8,17-18H2,1-2H3,(H,29,36). The number of carbonyl (C=O) groups excluding carboxylic acids is 2. The number of aromatic nitrogens is 4. The predicted octanol–water partition coefficient (Wildman–Crippen LogP) is 4.06. The summed E-state index contributed by atoms with van der Waals surface area (Å²) in [6.45, 7) is 1.75. The van der Waals surface area contributed by atoms with Crippen LogP contribution < -0.4 is 10.1 Å². The van der Waals surface area contributed by atoms with Gasteiger partial charge in [0.1, 0.15) is 23.8 Å². The molecular weight excluding hydrogens is 500 g/mol. The second-order valence-electron chi connectivity index (χ2n) is 9.68. The molecule has 1 atom stereocenters. The molecule has 0 spiro atoms. The molecule has 1 aliphatic rings. The molecular formula is C28H32N6O5. The maximum absolute atomic E-state index is 13.9. The number of aryl methyl sites for hydroxylation is 1. The van der Waals surface area contributed by atoms with Crippen molar-refractivity contribution in [2.24, 2.45) is 0 Å². The van der Waals surface area contributed by atoms with Gasteiger partial charge in [-0.2, -0.15) is 4.80 Å². The third kappa shape index (κ3) is 6.36. The van der Waals surface area contributed by atoms with Crippen LogP contribution in [0.25, 0.3) is 11.6 Å². The molecule has 0 aliphatic heterocycles. The molecule has 11 nitrogen and oxygen atoms in total. The van der Waals surface area contributed by atoms with Crippen LogP contribution in [0.2, 0.25) is 0 Å². The lowest BCUT2D eigenvalue weighted by Gasteiger charge is -2.32. The minimum absolute atomic E-state index is 0.0675. The number of rotatable bonds is 10. The molecule has 3 aromatic heterocycles.